The first-order chi connectivity index (χ1) is 17.7. The number of anilines is 1. The number of methoxy groups -OCH3 is 1. The fourth-order valence-corrected chi connectivity index (χ4v) is 6.55. The van der Waals surface area contributed by atoms with Gasteiger partial charge in [-0.1, -0.05) is 18.2 Å². The predicted octanol–water partition coefficient (Wildman–Crippen LogP) is 3.50. The molecule has 0 bridgehead atoms. The minimum absolute atomic E-state index is 0.0465. The van der Waals surface area contributed by atoms with Gasteiger partial charge in [0.1, 0.15) is 28.7 Å². The van der Waals surface area contributed by atoms with Crippen LogP contribution < -0.4 is 20.1 Å². The van der Waals surface area contributed by atoms with E-state index in [1.54, 1.807) is 6.07 Å². The third kappa shape index (κ3) is 5.52. The number of phenols is 1. The number of halogens is 2. The van der Waals surface area contributed by atoms with Crippen molar-refractivity contribution in [3.8, 4) is 11.5 Å². The number of carbonyl (C=O) groups is 1. The predicted molar refractivity (Wildman–Crippen MR) is 135 cm³/mol. The molecule has 0 aliphatic carbocycles. The summed E-state index contributed by atoms with van der Waals surface area (Å²) in [5, 5.41) is 14.6. The molecule has 3 aromatic carbocycles. The van der Waals surface area contributed by atoms with Crippen LogP contribution >= 0.6 is 0 Å². The molecule has 196 valence electrons. The molecule has 1 amide bonds. The maximum Gasteiger partial charge on any atom is 0.259 e. The number of phenolic OH excluding ortho intramolecular Hbond substituents is 1. The number of nitrogens with one attached hydrogen (secondary N) is 3. The van der Waals surface area contributed by atoms with Crippen LogP contribution in [0.2, 0.25) is 0 Å². The first kappa shape index (κ1) is 26.4. The highest BCUT2D eigenvalue weighted by molar-refractivity contribution is 7.93. The zero-order chi connectivity index (χ0) is 26.6. The molecule has 1 atom stereocenters. The maximum absolute atomic E-state index is 14.4. The summed E-state index contributed by atoms with van der Waals surface area (Å²) in [7, 11) is -3.10. The van der Waals surface area contributed by atoms with Crippen molar-refractivity contribution in [2.45, 2.75) is 23.6 Å². The molecule has 4 N–H and O–H groups in total. The Hall–Kier alpha value is -3.70. The summed E-state index contributed by atoms with van der Waals surface area (Å²) in [6, 6.07) is 14.6. The van der Waals surface area contributed by atoms with Crippen molar-refractivity contribution >= 4 is 21.6 Å². The number of piperidine rings is 1. The highest BCUT2D eigenvalue weighted by Gasteiger charge is 2.49. The Morgan fingerprint density at radius 1 is 1.03 bits per heavy atom. The lowest BCUT2D eigenvalue weighted by atomic mass is 9.72. The van der Waals surface area contributed by atoms with Crippen molar-refractivity contribution in [3.63, 3.8) is 0 Å². The van der Waals surface area contributed by atoms with Crippen molar-refractivity contribution in [2.24, 2.45) is 0 Å². The Morgan fingerprint density at radius 3 is 2.35 bits per heavy atom. The number of hydrogen-bond donors (Lipinski definition) is 4. The fraction of sp³-hybridized carbons (Fsp3) is 0.269. The van der Waals surface area contributed by atoms with Gasteiger partial charge in [0.05, 0.1) is 7.11 Å². The van der Waals surface area contributed by atoms with E-state index < -0.39 is 44.1 Å². The quantitative estimate of drug-likeness (QED) is 0.354. The maximum atomic E-state index is 14.4. The number of amides is 1. The van der Waals surface area contributed by atoms with Crippen LogP contribution in [0.1, 0.15) is 28.8 Å². The zero-order valence-electron chi connectivity index (χ0n) is 20.0. The van der Waals surface area contributed by atoms with Crippen molar-refractivity contribution in [3.05, 3.63) is 89.5 Å². The van der Waals surface area contributed by atoms with E-state index in [9.17, 15) is 27.1 Å². The van der Waals surface area contributed by atoms with Gasteiger partial charge in [0.15, 0.2) is 5.37 Å². The second-order valence-electron chi connectivity index (χ2n) is 8.78. The van der Waals surface area contributed by atoms with E-state index in [-0.39, 0.29) is 29.8 Å². The minimum atomic E-state index is -4.42. The van der Waals surface area contributed by atoms with E-state index in [4.69, 9.17) is 4.74 Å². The van der Waals surface area contributed by atoms with Gasteiger partial charge < -0.3 is 20.5 Å². The average Bonchev–Trinajstić information content (AvgIpc) is 2.88. The minimum Gasteiger partial charge on any atom is -0.507 e. The van der Waals surface area contributed by atoms with Crippen LogP contribution in [-0.2, 0) is 15.4 Å². The molecule has 8 nitrogen and oxygen atoms in total. The van der Waals surface area contributed by atoms with Gasteiger partial charge in [-0.25, -0.2) is 17.2 Å². The van der Waals surface area contributed by atoms with Gasteiger partial charge in [0, 0.05) is 11.1 Å². The van der Waals surface area contributed by atoms with Crippen molar-refractivity contribution in [2.75, 3.05) is 24.9 Å². The van der Waals surface area contributed by atoms with Gasteiger partial charge in [-0.05, 0) is 80.0 Å². The monoisotopic (exact) mass is 531 g/mol. The largest absolute Gasteiger partial charge is 0.507 e. The summed E-state index contributed by atoms with van der Waals surface area (Å²) >= 11 is 0. The number of ether oxygens (including phenoxy) is 1. The highest BCUT2D eigenvalue weighted by Crippen LogP contribution is 2.40. The SMILES string of the molecule is COc1cccc(O)c1C(=O)NC(C1(c2cccc(F)c2)CCNCC1)S(=O)(=O)Nc1ccc(F)cc1. The number of rotatable bonds is 8. The van der Waals surface area contributed by atoms with Gasteiger partial charge in [0.25, 0.3) is 15.9 Å². The number of benzene rings is 3. The highest BCUT2D eigenvalue weighted by atomic mass is 32.2. The molecule has 1 heterocycles. The van der Waals surface area contributed by atoms with Gasteiger partial charge >= 0.3 is 0 Å². The topological polar surface area (TPSA) is 117 Å². The number of hydrogen-bond acceptors (Lipinski definition) is 6. The van der Waals surface area contributed by atoms with Crippen molar-refractivity contribution in [1.82, 2.24) is 10.6 Å². The molecule has 0 spiro atoms. The Morgan fingerprint density at radius 2 is 1.70 bits per heavy atom. The van der Waals surface area contributed by atoms with Gasteiger partial charge in [-0.15, -0.1) is 0 Å². The van der Waals surface area contributed by atoms with E-state index in [1.165, 1.54) is 55.6 Å². The van der Waals surface area contributed by atoms with Crippen LogP contribution in [0.3, 0.4) is 0 Å². The molecule has 0 aromatic heterocycles. The van der Waals surface area contributed by atoms with Gasteiger partial charge in [-0.2, -0.15) is 0 Å². The molecule has 11 heteroatoms. The molecule has 1 saturated heterocycles. The van der Waals surface area contributed by atoms with Crippen LogP contribution in [0.15, 0.2) is 66.7 Å². The number of aromatic hydroxyl groups is 1. The summed E-state index contributed by atoms with van der Waals surface area (Å²) in [6.45, 7) is 0.823. The standard InChI is InChI=1S/C26H27F2N3O5S/c1-36-22-7-3-6-21(32)23(22)24(33)30-25(37(34,35)31-20-10-8-18(27)9-11-20)26(12-14-29-15-13-26)17-4-2-5-19(28)16-17/h2-11,16,25,29,31-32H,12-15H2,1H3,(H,30,33). The van der Waals surface area contributed by atoms with Crippen LogP contribution in [-0.4, -0.2) is 45.0 Å². The number of sulfonamides is 1. The first-order valence-electron chi connectivity index (χ1n) is 11.6. The van der Waals surface area contributed by atoms with Crippen LogP contribution in [0.5, 0.6) is 11.5 Å². The normalized spacial score (nSPS) is 16.0. The lowest BCUT2D eigenvalue weighted by molar-refractivity contribution is 0.0919. The second kappa shape index (κ2) is 10.7. The van der Waals surface area contributed by atoms with E-state index in [0.717, 1.165) is 12.1 Å². The molecule has 1 aliphatic heterocycles. The summed E-state index contributed by atoms with van der Waals surface area (Å²) in [4.78, 5) is 13.5. The number of carbonyl (C=O) groups excluding carboxylic acids is 1. The second-order valence-corrected chi connectivity index (χ2v) is 10.5. The fourth-order valence-electron chi connectivity index (χ4n) is 4.74. The lowest BCUT2D eigenvalue weighted by Crippen LogP contribution is -2.59. The van der Waals surface area contributed by atoms with E-state index >= 15 is 0 Å². The zero-order valence-corrected chi connectivity index (χ0v) is 20.8. The Kier molecular flexibility index (Phi) is 7.65. The third-order valence-corrected chi connectivity index (χ3v) is 8.24. The van der Waals surface area contributed by atoms with Crippen molar-refractivity contribution < 1.29 is 31.8 Å². The molecule has 0 radical (unpaired) electrons. The third-order valence-electron chi connectivity index (χ3n) is 6.53. The molecular weight excluding hydrogens is 504 g/mol. The molecular formula is C26H27F2N3O5S. The van der Waals surface area contributed by atoms with Crippen molar-refractivity contribution in [1.29, 1.82) is 0 Å². The molecule has 37 heavy (non-hydrogen) atoms. The van der Waals surface area contributed by atoms with Crippen LogP contribution in [0.25, 0.3) is 0 Å². The summed E-state index contributed by atoms with van der Waals surface area (Å²) < 4.78 is 63.3. The molecule has 1 unspecified atom stereocenters. The van der Waals surface area contributed by atoms with Crippen LogP contribution in [0.4, 0.5) is 14.5 Å². The Balaban J connectivity index is 1.85. The summed E-state index contributed by atoms with van der Waals surface area (Å²) in [5.74, 6) is -2.34. The van der Waals surface area contributed by atoms with Crippen LogP contribution in [0, 0.1) is 11.6 Å². The molecule has 1 fully saturated rings. The summed E-state index contributed by atoms with van der Waals surface area (Å²) in [5.41, 5.74) is -1.00. The molecule has 0 saturated carbocycles. The van der Waals surface area contributed by atoms with Gasteiger partial charge in [0.2, 0.25) is 0 Å². The first-order valence-corrected chi connectivity index (χ1v) is 13.1. The Bertz CT molecular complexity index is 1380. The lowest BCUT2D eigenvalue weighted by Gasteiger charge is -2.44. The van der Waals surface area contributed by atoms with E-state index in [0.29, 0.717) is 18.7 Å². The smallest absolute Gasteiger partial charge is 0.259 e. The van der Waals surface area contributed by atoms with E-state index in [2.05, 4.69) is 15.4 Å². The van der Waals surface area contributed by atoms with Gasteiger partial charge in [-0.3, -0.25) is 9.52 Å². The summed E-state index contributed by atoms with van der Waals surface area (Å²) in [6.07, 6.45) is 0.507. The average molecular weight is 532 g/mol. The Labute approximate surface area is 213 Å². The molecule has 3 aromatic rings. The molecule has 4 rings (SSSR count). The van der Waals surface area contributed by atoms with E-state index in [1.807, 2.05) is 0 Å². The molecule has 1 aliphatic rings.